The Labute approximate surface area is 134 Å². The van der Waals surface area contributed by atoms with Crippen molar-refractivity contribution in [1.29, 1.82) is 0 Å². The first kappa shape index (κ1) is 18.3. The van der Waals surface area contributed by atoms with Crippen LogP contribution in [0.25, 0.3) is 0 Å². The third-order valence-corrected chi connectivity index (χ3v) is 3.16. The maximum atomic E-state index is 11.9. The zero-order valence-corrected chi connectivity index (χ0v) is 13.0. The zero-order chi connectivity index (χ0) is 17.2. The maximum Gasteiger partial charge on any atom is 0.374 e. The summed E-state index contributed by atoms with van der Waals surface area (Å²) in [6.07, 6.45) is -0.241. The third kappa shape index (κ3) is 6.29. The fraction of sp³-hybridized carbons (Fsp3) is 0.375. The number of para-hydroxylation sites is 1. The number of anilines is 1. The lowest BCUT2D eigenvalue weighted by atomic mass is 9.96. The Balaban J connectivity index is 2.57. The summed E-state index contributed by atoms with van der Waals surface area (Å²) in [6, 6.07) is 8.85. The second-order valence-corrected chi connectivity index (χ2v) is 4.79. The Morgan fingerprint density at radius 3 is 2.26 bits per heavy atom. The lowest BCUT2D eigenvalue weighted by molar-refractivity contribution is -0.154. The van der Waals surface area contributed by atoms with Crippen LogP contribution in [0.1, 0.15) is 19.3 Å². The maximum absolute atomic E-state index is 11.9. The molecule has 0 aromatic heterocycles. The number of carbonyl (C=O) groups excluding carboxylic acids is 4. The fourth-order valence-electron chi connectivity index (χ4n) is 1.94. The van der Waals surface area contributed by atoms with Crippen molar-refractivity contribution in [3.8, 4) is 0 Å². The highest BCUT2D eigenvalue weighted by atomic mass is 16.5. The molecule has 7 nitrogen and oxygen atoms in total. The van der Waals surface area contributed by atoms with Gasteiger partial charge in [0.15, 0.2) is 0 Å². The van der Waals surface area contributed by atoms with E-state index in [0.717, 1.165) is 7.11 Å². The van der Waals surface area contributed by atoms with Crippen molar-refractivity contribution in [2.75, 3.05) is 19.5 Å². The molecule has 1 unspecified atom stereocenters. The van der Waals surface area contributed by atoms with Gasteiger partial charge >= 0.3 is 11.9 Å². The van der Waals surface area contributed by atoms with Crippen LogP contribution in [-0.4, -0.2) is 37.8 Å². The number of Topliss-reactive ketones (excluding diaryl/α,β-unsaturated/α-hetero) is 1. The Morgan fingerprint density at radius 2 is 1.70 bits per heavy atom. The average Bonchev–Trinajstić information content (AvgIpc) is 2.57. The molecule has 0 heterocycles. The Hall–Kier alpha value is -2.70. The van der Waals surface area contributed by atoms with E-state index in [1.165, 1.54) is 7.11 Å². The highest BCUT2D eigenvalue weighted by molar-refractivity contribution is 6.33. The Bertz CT molecular complexity index is 569. The summed E-state index contributed by atoms with van der Waals surface area (Å²) in [6.45, 7) is 0. The van der Waals surface area contributed by atoms with Crippen LogP contribution >= 0.6 is 0 Å². The monoisotopic (exact) mass is 321 g/mol. The number of esters is 2. The van der Waals surface area contributed by atoms with Crippen molar-refractivity contribution >= 4 is 29.3 Å². The van der Waals surface area contributed by atoms with Gasteiger partial charge in [-0.3, -0.25) is 14.4 Å². The second-order valence-electron chi connectivity index (χ2n) is 4.79. The molecular weight excluding hydrogens is 302 g/mol. The molecule has 1 N–H and O–H groups in total. The first-order valence-corrected chi connectivity index (χ1v) is 7.01. The number of hydrogen-bond acceptors (Lipinski definition) is 6. The smallest absolute Gasteiger partial charge is 0.374 e. The SMILES string of the molecule is COC(=O)C(=O)CC(CCC(=O)Nc1ccccc1)C(=O)OC. The van der Waals surface area contributed by atoms with Gasteiger partial charge < -0.3 is 14.8 Å². The first-order valence-electron chi connectivity index (χ1n) is 7.01. The average molecular weight is 321 g/mol. The fourth-order valence-corrected chi connectivity index (χ4v) is 1.94. The minimum absolute atomic E-state index is 0.0170. The van der Waals surface area contributed by atoms with Crippen LogP contribution in [0.2, 0.25) is 0 Å². The molecule has 1 aromatic rings. The van der Waals surface area contributed by atoms with E-state index in [4.69, 9.17) is 0 Å². The highest BCUT2D eigenvalue weighted by Crippen LogP contribution is 2.15. The summed E-state index contributed by atoms with van der Waals surface area (Å²) in [4.78, 5) is 46.2. The van der Waals surface area contributed by atoms with Crippen molar-refractivity contribution in [3.05, 3.63) is 30.3 Å². The summed E-state index contributed by atoms with van der Waals surface area (Å²) in [5, 5.41) is 2.67. The molecule has 0 radical (unpaired) electrons. The molecule has 1 atom stereocenters. The van der Waals surface area contributed by atoms with Crippen LogP contribution in [0.3, 0.4) is 0 Å². The molecule has 0 aliphatic rings. The quantitative estimate of drug-likeness (QED) is 0.573. The molecule has 0 saturated carbocycles. The van der Waals surface area contributed by atoms with Crippen LogP contribution in [0.15, 0.2) is 30.3 Å². The minimum atomic E-state index is -1.02. The predicted molar refractivity (Wildman–Crippen MR) is 81.5 cm³/mol. The van der Waals surface area contributed by atoms with Gasteiger partial charge in [-0.25, -0.2) is 4.79 Å². The van der Waals surface area contributed by atoms with Gasteiger partial charge in [0.2, 0.25) is 11.7 Å². The number of nitrogens with one attached hydrogen (secondary N) is 1. The van der Waals surface area contributed by atoms with Gasteiger partial charge in [0, 0.05) is 18.5 Å². The standard InChI is InChI=1S/C16H19NO6/c1-22-15(20)11(10-13(18)16(21)23-2)8-9-14(19)17-12-6-4-3-5-7-12/h3-7,11H,8-10H2,1-2H3,(H,17,19). The van der Waals surface area contributed by atoms with Gasteiger partial charge in [-0.1, -0.05) is 18.2 Å². The topological polar surface area (TPSA) is 98.8 Å². The number of amides is 1. The molecule has 0 saturated heterocycles. The van der Waals surface area contributed by atoms with Crippen molar-refractivity contribution in [2.45, 2.75) is 19.3 Å². The van der Waals surface area contributed by atoms with Crippen molar-refractivity contribution in [3.63, 3.8) is 0 Å². The summed E-state index contributed by atoms with van der Waals surface area (Å²) < 4.78 is 8.91. The van der Waals surface area contributed by atoms with E-state index in [-0.39, 0.29) is 25.2 Å². The zero-order valence-electron chi connectivity index (χ0n) is 13.0. The molecule has 7 heteroatoms. The van der Waals surface area contributed by atoms with Crippen LogP contribution in [0.4, 0.5) is 5.69 Å². The number of benzene rings is 1. The number of carbonyl (C=O) groups is 4. The molecule has 124 valence electrons. The summed E-state index contributed by atoms with van der Waals surface area (Å²) in [5.74, 6) is -3.66. The summed E-state index contributed by atoms with van der Waals surface area (Å²) >= 11 is 0. The van der Waals surface area contributed by atoms with E-state index < -0.39 is 23.6 Å². The molecule has 1 aromatic carbocycles. The van der Waals surface area contributed by atoms with Gasteiger partial charge in [0.05, 0.1) is 20.1 Å². The van der Waals surface area contributed by atoms with Gasteiger partial charge in [0.25, 0.3) is 0 Å². The third-order valence-electron chi connectivity index (χ3n) is 3.16. The van der Waals surface area contributed by atoms with E-state index in [9.17, 15) is 19.2 Å². The van der Waals surface area contributed by atoms with E-state index in [1.807, 2.05) is 6.07 Å². The summed E-state index contributed by atoms with van der Waals surface area (Å²) in [7, 11) is 2.27. The lowest BCUT2D eigenvalue weighted by Crippen LogP contribution is -2.26. The molecule has 0 aliphatic heterocycles. The Morgan fingerprint density at radius 1 is 1.04 bits per heavy atom. The Kier molecular flexibility index (Phi) is 7.45. The van der Waals surface area contributed by atoms with Crippen LogP contribution in [0, 0.1) is 5.92 Å². The van der Waals surface area contributed by atoms with Crippen LogP contribution in [-0.2, 0) is 28.7 Å². The van der Waals surface area contributed by atoms with Gasteiger partial charge in [-0.15, -0.1) is 0 Å². The van der Waals surface area contributed by atoms with Gasteiger partial charge in [-0.05, 0) is 18.6 Å². The largest absolute Gasteiger partial charge is 0.469 e. The van der Waals surface area contributed by atoms with Crippen LogP contribution in [0.5, 0.6) is 0 Å². The molecule has 0 aliphatic carbocycles. The second kappa shape index (κ2) is 9.34. The number of ketones is 1. The molecule has 23 heavy (non-hydrogen) atoms. The molecule has 1 rings (SSSR count). The van der Waals surface area contributed by atoms with Crippen LogP contribution < -0.4 is 5.32 Å². The lowest BCUT2D eigenvalue weighted by Gasteiger charge is -2.13. The summed E-state index contributed by atoms with van der Waals surface area (Å²) in [5.41, 5.74) is 0.637. The van der Waals surface area contributed by atoms with Gasteiger partial charge in [0.1, 0.15) is 0 Å². The van der Waals surface area contributed by atoms with E-state index >= 15 is 0 Å². The molecular formula is C16H19NO6. The van der Waals surface area contributed by atoms with Crippen molar-refractivity contribution < 1.29 is 28.7 Å². The first-order chi connectivity index (χ1) is 11.0. The molecule has 0 bridgehead atoms. The van der Waals surface area contributed by atoms with E-state index in [1.54, 1.807) is 24.3 Å². The van der Waals surface area contributed by atoms with Crippen molar-refractivity contribution in [1.82, 2.24) is 0 Å². The molecule has 1 amide bonds. The van der Waals surface area contributed by atoms with E-state index in [2.05, 4.69) is 14.8 Å². The highest BCUT2D eigenvalue weighted by Gasteiger charge is 2.27. The minimum Gasteiger partial charge on any atom is -0.469 e. The number of rotatable bonds is 8. The predicted octanol–water partition coefficient (Wildman–Crippen LogP) is 1.33. The normalized spacial score (nSPS) is 11.2. The van der Waals surface area contributed by atoms with E-state index in [0.29, 0.717) is 5.69 Å². The number of methoxy groups -OCH3 is 2. The van der Waals surface area contributed by atoms with Crippen molar-refractivity contribution in [2.24, 2.45) is 5.92 Å². The molecule has 0 spiro atoms. The number of ether oxygens (including phenoxy) is 2. The number of hydrogen-bond donors (Lipinski definition) is 1. The molecule has 0 fully saturated rings. The van der Waals surface area contributed by atoms with Gasteiger partial charge in [-0.2, -0.15) is 0 Å².